The maximum atomic E-state index is 13.4. The molecule has 4 nitrogen and oxygen atoms in total. The summed E-state index contributed by atoms with van der Waals surface area (Å²) in [5, 5.41) is 9.37. The number of rotatable bonds is 2. The van der Waals surface area contributed by atoms with E-state index in [4.69, 9.17) is 5.73 Å². The molecule has 0 unspecified atom stereocenters. The van der Waals surface area contributed by atoms with Crippen molar-refractivity contribution < 1.29 is 18.3 Å². The molecule has 0 saturated heterocycles. The van der Waals surface area contributed by atoms with Crippen molar-refractivity contribution in [1.82, 2.24) is 9.55 Å². The van der Waals surface area contributed by atoms with E-state index in [1.807, 2.05) is 0 Å². The van der Waals surface area contributed by atoms with E-state index < -0.39 is 24.1 Å². The van der Waals surface area contributed by atoms with Crippen molar-refractivity contribution in [3.63, 3.8) is 0 Å². The van der Waals surface area contributed by atoms with Gasteiger partial charge in [0, 0.05) is 17.8 Å². The van der Waals surface area contributed by atoms with Gasteiger partial charge < -0.3 is 10.8 Å². The highest BCUT2D eigenvalue weighted by Crippen LogP contribution is 2.25. The van der Waals surface area contributed by atoms with Crippen molar-refractivity contribution in [2.75, 3.05) is 5.73 Å². The second-order valence-electron chi connectivity index (χ2n) is 4.49. The number of fused-ring (bicyclic) bond motifs is 1. The third-order valence-electron chi connectivity index (χ3n) is 3.12. The average Bonchev–Trinajstić information content (AvgIpc) is 2.81. The molecule has 2 aromatic carbocycles. The van der Waals surface area contributed by atoms with Crippen molar-refractivity contribution in [3.05, 3.63) is 53.6 Å². The van der Waals surface area contributed by atoms with Crippen LogP contribution in [-0.4, -0.2) is 14.7 Å². The first kappa shape index (κ1) is 13.4. The van der Waals surface area contributed by atoms with Crippen molar-refractivity contribution in [2.24, 2.45) is 0 Å². The van der Waals surface area contributed by atoms with Crippen LogP contribution in [0.2, 0.25) is 0 Å². The predicted molar refractivity (Wildman–Crippen MR) is 71.3 cm³/mol. The smallest absolute Gasteiger partial charge is 0.194 e. The summed E-state index contributed by atoms with van der Waals surface area (Å²) in [4.78, 5) is 4.14. The number of aromatic nitrogens is 2. The normalized spacial score (nSPS) is 11.2. The number of nitrogens with two attached hydrogens (primary N) is 1. The molecule has 7 heteroatoms. The molecule has 0 saturated carbocycles. The van der Waals surface area contributed by atoms with Crippen LogP contribution in [-0.2, 0) is 6.61 Å². The molecule has 3 aromatic rings. The Morgan fingerprint density at radius 3 is 2.38 bits per heavy atom. The van der Waals surface area contributed by atoms with Gasteiger partial charge in [0.15, 0.2) is 17.5 Å². The number of aliphatic hydroxyl groups is 1. The molecule has 0 radical (unpaired) electrons. The highest BCUT2D eigenvalue weighted by Gasteiger charge is 2.16. The molecule has 0 spiro atoms. The van der Waals surface area contributed by atoms with Gasteiger partial charge in [-0.25, -0.2) is 18.2 Å². The average molecular weight is 293 g/mol. The lowest BCUT2D eigenvalue weighted by Gasteiger charge is -2.09. The van der Waals surface area contributed by atoms with Gasteiger partial charge in [-0.1, -0.05) is 0 Å². The Hall–Kier alpha value is -2.54. The van der Waals surface area contributed by atoms with Gasteiger partial charge >= 0.3 is 0 Å². The Morgan fingerprint density at radius 2 is 1.76 bits per heavy atom. The number of halogens is 3. The van der Waals surface area contributed by atoms with E-state index in [0.717, 1.165) is 12.1 Å². The third kappa shape index (κ3) is 2.11. The maximum absolute atomic E-state index is 13.4. The van der Waals surface area contributed by atoms with Crippen LogP contribution in [0.5, 0.6) is 0 Å². The van der Waals surface area contributed by atoms with Crippen LogP contribution in [0.15, 0.2) is 30.3 Å². The second kappa shape index (κ2) is 4.78. The van der Waals surface area contributed by atoms with E-state index >= 15 is 0 Å². The summed E-state index contributed by atoms with van der Waals surface area (Å²) in [6.07, 6.45) is 0. The summed E-state index contributed by atoms with van der Waals surface area (Å²) in [5.41, 5.74) is 7.11. The Kier molecular flexibility index (Phi) is 3.06. The zero-order chi connectivity index (χ0) is 15.1. The van der Waals surface area contributed by atoms with Gasteiger partial charge in [0.2, 0.25) is 0 Å². The summed E-state index contributed by atoms with van der Waals surface area (Å²) in [7, 11) is 0. The second-order valence-corrected chi connectivity index (χ2v) is 4.49. The SMILES string of the molecule is Nc1ccc2c(c1)nc(CO)n2-c1cc(F)c(F)c(F)c1. The highest BCUT2D eigenvalue weighted by molar-refractivity contribution is 5.81. The molecular formula is C14H10F3N3O. The van der Waals surface area contributed by atoms with Crippen LogP contribution >= 0.6 is 0 Å². The number of nitrogens with zero attached hydrogens (tertiary/aromatic N) is 2. The van der Waals surface area contributed by atoms with Gasteiger partial charge in [-0.2, -0.15) is 0 Å². The minimum Gasteiger partial charge on any atom is -0.399 e. The van der Waals surface area contributed by atoms with E-state index in [1.165, 1.54) is 4.57 Å². The number of nitrogen functional groups attached to an aromatic ring is 1. The quantitative estimate of drug-likeness (QED) is 0.563. The molecule has 1 heterocycles. The predicted octanol–water partition coefficient (Wildman–Crippen LogP) is 2.52. The van der Waals surface area contributed by atoms with Crippen LogP contribution in [0.1, 0.15) is 5.82 Å². The molecule has 1 aromatic heterocycles. The van der Waals surface area contributed by atoms with Gasteiger partial charge in [0.1, 0.15) is 12.4 Å². The van der Waals surface area contributed by atoms with Crippen molar-refractivity contribution in [2.45, 2.75) is 6.61 Å². The molecule has 0 bridgehead atoms. The summed E-state index contributed by atoms with van der Waals surface area (Å²) < 4.78 is 41.2. The molecule has 3 rings (SSSR count). The van der Waals surface area contributed by atoms with Crippen LogP contribution in [0.4, 0.5) is 18.9 Å². The number of hydrogen-bond acceptors (Lipinski definition) is 3. The molecule has 0 atom stereocenters. The lowest BCUT2D eigenvalue weighted by molar-refractivity contribution is 0.270. The lowest BCUT2D eigenvalue weighted by atomic mass is 10.2. The Morgan fingerprint density at radius 1 is 1.10 bits per heavy atom. The fourth-order valence-electron chi connectivity index (χ4n) is 2.21. The number of aliphatic hydroxyl groups excluding tert-OH is 1. The van der Waals surface area contributed by atoms with Crippen molar-refractivity contribution in [1.29, 1.82) is 0 Å². The molecule has 0 fully saturated rings. The summed E-state index contributed by atoms with van der Waals surface area (Å²) in [6.45, 7) is -0.449. The summed E-state index contributed by atoms with van der Waals surface area (Å²) in [5.74, 6) is -4.00. The fraction of sp³-hybridized carbons (Fsp3) is 0.0714. The molecule has 0 aliphatic carbocycles. The van der Waals surface area contributed by atoms with E-state index in [2.05, 4.69) is 4.98 Å². The molecule has 0 aliphatic heterocycles. The first-order valence-electron chi connectivity index (χ1n) is 6.04. The summed E-state index contributed by atoms with van der Waals surface area (Å²) in [6, 6.07) is 6.46. The molecular weight excluding hydrogens is 283 g/mol. The van der Waals surface area contributed by atoms with Gasteiger partial charge in [-0.3, -0.25) is 4.57 Å². The Balaban J connectivity index is 2.33. The molecule has 21 heavy (non-hydrogen) atoms. The third-order valence-corrected chi connectivity index (χ3v) is 3.12. The molecule has 108 valence electrons. The largest absolute Gasteiger partial charge is 0.399 e. The zero-order valence-corrected chi connectivity index (χ0v) is 10.6. The first-order chi connectivity index (χ1) is 10.0. The highest BCUT2D eigenvalue weighted by atomic mass is 19.2. The van der Waals surface area contributed by atoms with Gasteiger partial charge in [0.05, 0.1) is 16.7 Å². The van der Waals surface area contributed by atoms with E-state index in [0.29, 0.717) is 16.7 Å². The monoisotopic (exact) mass is 293 g/mol. The van der Waals surface area contributed by atoms with Gasteiger partial charge in [-0.15, -0.1) is 0 Å². The standard InChI is InChI=1S/C14H10F3N3O/c15-9-4-8(5-10(16)14(9)17)20-12-2-1-7(18)3-11(12)19-13(20)6-21/h1-5,21H,6,18H2. The number of hydrogen-bond donors (Lipinski definition) is 2. The van der Waals surface area contributed by atoms with Crippen molar-refractivity contribution in [3.8, 4) is 5.69 Å². The molecule has 0 aliphatic rings. The fourth-order valence-corrected chi connectivity index (χ4v) is 2.21. The van der Waals surface area contributed by atoms with Crippen LogP contribution < -0.4 is 5.73 Å². The Bertz CT molecular complexity index is 822. The Labute approximate surface area is 117 Å². The summed E-state index contributed by atoms with van der Waals surface area (Å²) >= 11 is 0. The van der Waals surface area contributed by atoms with Gasteiger partial charge in [0.25, 0.3) is 0 Å². The number of anilines is 1. The van der Waals surface area contributed by atoms with E-state index in [9.17, 15) is 18.3 Å². The minimum atomic E-state index is -1.54. The van der Waals surface area contributed by atoms with E-state index in [1.54, 1.807) is 18.2 Å². The maximum Gasteiger partial charge on any atom is 0.194 e. The van der Waals surface area contributed by atoms with Crippen LogP contribution in [0, 0.1) is 17.5 Å². The van der Waals surface area contributed by atoms with Gasteiger partial charge in [-0.05, 0) is 18.2 Å². The zero-order valence-electron chi connectivity index (χ0n) is 10.6. The topological polar surface area (TPSA) is 64.1 Å². The first-order valence-corrected chi connectivity index (χ1v) is 6.04. The lowest BCUT2D eigenvalue weighted by Crippen LogP contribution is -2.04. The minimum absolute atomic E-state index is 0.0303. The number of imidazole rings is 1. The molecule has 3 N–H and O–H groups in total. The van der Waals surface area contributed by atoms with E-state index in [-0.39, 0.29) is 11.5 Å². The van der Waals surface area contributed by atoms with Crippen LogP contribution in [0.25, 0.3) is 16.7 Å². The van der Waals surface area contributed by atoms with Crippen molar-refractivity contribution >= 4 is 16.7 Å². The number of benzene rings is 2. The molecule has 0 amide bonds. The van der Waals surface area contributed by atoms with Crippen LogP contribution in [0.3, 0.4) is 0 Å².